The summed E-state index contributed by atoms with van der Waals surface area (Å²) >= 11 is 1.74. The van der Waals surface area contributed by atoms with E-state index in [1.165, 1.54) is 19.3 Å². The summed E-state index contributed by atoms with van der Waals surface area (Å²) in [6.07, 6.45) is 8.86. The average molecular weight is 295 g/mol. The van der Waals surface area contributed by atoms with Crippen LogP contribution in [0.25, 0.3) is 0 Å². The molecule has 0 spiro atoms. The van der Waals surface area contributed by atoms with Crippen LogP contribution < -0.4 is 11.1 Å². The van der Waals surface area contributed by atoms with Gasteiger partial charge in [0.25, 0.3) is 0 Å². The Kier molecular flexibility index (Phi) is 9.97. The molecule has 108 valence electrons. The van der Waals surface area contributed by atoms with E-state index in [9.17, 15) is 4.79 Å². The molecule has 1 fully saturated rings. The van der Waals surface area contributed by atoms with Crippen LogP contribution in [0, 0.1) is 5.92 Å². The molecule has 0 aromatic rings. The summed E-state index contributed by atoms with van der Waals surface area (Å²) in [6.45, 7) is 2.24. The Bertz CT molecular complexity index is 241. The number of nitrogens with one attached hydrogen (secondary N) is 1. The lowest BCUT2D eigenvalue weighted by Crippen LogP contribution is -2.47. The van der Waals surface area contributed by atoms with Crippen LogP contribution >= 0.6 is 24.2 Å². The van der Waals surface area contributed by atoms with Crippen molar-refractivity contribution in [1.29, 1.82) is 0 Å². The molecule has 1 amide bonds. The van der Waals surface area contributed by atoms with Crippen LogP contribution in [0.3, 0.4) is 0 Å². The highest BCUT2D eigenvalue weighted by atomic mass is 35.5. The number of amides is 1. The second kappa shape index (κ2) is 9.93. The zero-order chi connectivity index (χ0) is 12.7. The van der Waals surface area contributed by atoms with Gasteiger partial charge in [0.05, 0.1) is 6.04 Å². The van der Waals surface area contributed by atoms with Gasteiger partial charge >= 0.3 is 0 Å². The maximum Gasteiger partial charge on any atom is 0.237 e. The zero-order valence-corrected chi connectivity index (χ0v) is 13.1. The molecule has 1 aliphatic carbocycles. The lowest BCUT2D eigenvalue weighted by molar-refractivity contribution is -0.123. The molecule has 3 atom stereocenters. The minimum absolute atomic E-state index is 0. The first-order valence-electron chi connectivity index (χ1n) is 6.72. The van der Waals surface area contributed by atoms with Crippen LogP contribution in [0.15, 0.2) is 0 Å². The molecule has 18 heavy (non-hydrogen) atoms. The normalized spacial score (nSPS) is 25.1. The molecule has 0 aliphatic heterocycles. The maximum absolute atomic E-state index is 11.9. The molecule has 2 unspecified atom stereocenters. The van der Waals surface area contributed by atoms with Crippen LogP contribution in [0.4, 0.5) is 0 Å². The predicted octanol–water partition coefficient (Wildman–Crippen LogP) is 2.57. The smallest absolute Gasteiger partial charge is 0.237 e. The van der Waals surface area contributed by atoms with Crippen molar-refractivity contribution >= 4 is 30.1 Å². The molecule has 3 N–H and O–H groups in total. The molecule has 0 saturated heterocycles. The van der Waals surface area contributed by atoms with Crippen molar-refractivity contribution in [3.8, 4) is 0 Å². The van der Waals surface area contributed by atoms with Gasteiger partial charge in [0.2, 0.25) is 5.91 Å². The van der Waals surface area contributed by atoms with Gasteiger partial charge in [-0.3, -0.25) is 4.79 Å². The van der Waals surface area contributed by atoms with Crippen molar-refractivity contribution in [2.45, 2.75) is 57.5 Å². The topological polar surface area (TPSA) is 55.1 Å². The minimum Gasteiger partial charge on any atom is -0.352 e. The summed E-state index contributed by atoms with van der Waals surface area (Å²) in [5.74, 6) is 1.79. The van der Waals surface area contributed by atoms with E-state index in [0.717, 1.165) is 30.9 Å². The third kappa shape index (κ3) is 6.30. The average Bonchev–Trinajstić information content (AvgIpc) is 2.36. The molecule has 1 saturated carbocycles. The predicted molar refractivity (Wildman–Crippen MR) is 82.4 cm³/mol. The highest BCUT2D eigenvalue weighted by molar-refractivity contribution is 7.98. The highest BCUT2D eigenvalue weighted by Crippen LogP contribution is 2.26. The van der Waals surface area contributed by atoms with Gasteiger partial charge < -0.3 is 11.1 Å². The van der Waals surface area contributed by atoms with Gasteiger partial charge in [0.15, 0.2) is 0 Å². The Morgan fingerprint density at radius 2 is 2.22 bits per heavy atom. The first-order chi connectivity index (χ1) is 8.17. The third-order valence-electron chi connectivity index (χ3n) is 3.68. The van der Waals surface area contributed by atoms with Gasteiger partial charge in [-0.05, 0) is 37.2 Å². The van der Waals surface area contributed by atoms with E-state index in [1.807, 2.05) is 6.26 Å². The monoisotopic (exact) mass is 294 g/mol. The van der Waals surface area contributed by atoms with E-state index in [-0.39, 0.29) is 24.4 Å². The van der Waals surface area contributed by atoms with Crippen LogP contribution in [0.1, 0.15) is 45.4 Å². The number of carbonyl (C=O) groups excluding carboxylic acids is 1. The van der Waals surface area contributed by atoms with E-state index in [1.54, 1.807) is 11.8 Å². The SMILES string of the molecule is CCC1CCCC(NC(=O)[C@@H](N)CCSC)C1.Cl. The van der Waals surface area contributed by atoms with E-state index in [4.69, 9.17) is 5.73 Å². The van der Waals surface area contributed by atoms with Crippen molar-refractivity contribution < 1.29 is 4.79 Å². The summed E-state index contributed by atoms with van der Waals surface area (Å²) in [7, 11) is 0. The molecule has 0 heterocycles. The second-order valence-electron chi connectivity index (χ2n) is 5.03. The molecule has 0 radical (unpaired) electrons. The van der Waals surface area contributed by atoms with Crippen molar-refractivity contribution in [1.82, 2.24) is 5.32 Å². The zero-order valence-electron chi connectivity index (χ0n) is 11.5. The fourth-order valence-electron chi connectivity index (χ4n) is 2.48. The Hall–Kier alpha value is 0.0700. The van der Waals surface area contributed by atoms with E-state index >= 15 is 0 Å². The van der Waals surface area contributed by atoms with Crippen molar-refractivity contribution in [2.75, 3.05) is 12.0 Å². The number of thioether (sulfide) groups is 1. The number of hydrogen-bond acceptors (Lipinski definition) is 3. The van der Waals surface area contributed by atoms with E-state index in [0.29, 0.717) is 6.04 Å². The summed E-state index contributed by atoms with van der Waals surface area (Å²) in [5.41, 5.74) is 5.86. The Morgan fingerprint density at radius 3 is 2.83 bits per heavy atom. The van der Waals surface area contributed by atoms with Crippen molar-refractivity contribution in [2.24, 2.45) is 11.7 Å². The first kappa shape index (κ1) is 18.1. The molecule has 0 bridgehead atoms. The van der Waals surface area contributed by atoms with Gasteiger partial charge in [-0.25, -0.2) is 0 Å². The molecular weight excluding hydrogens is 268 g/mol. The number of carbonyl (C=O) groups is 1. The Labute approximate surface area is 121 Å². The number of hydrogen-bond donors (Lipinski definition) is 2. The largest absolute Gasteiger partial charge is 0.352 e. The molecular formula is C13H27ClN2OS. The van der Waals surface area contributed by atoms with E-state index in [2.05, 4.69) is 12.2 Å². The van der Waals surface area contributed by atoms with Crippen LogP contribution in [0.5, 0.6) is 0 Å². The fraction of sp³-hybridized carbons (Fsp3) is 0.923. The standard InChI is InChI=1S/C13H26N2OS.ClH/c1-3-10-5-4-6-11(9-10)15-13(16)12(14)7-8-17-2;/h10-12H,3-9,14H2,1-2H3,(H,15,16);1H/t10?,11?,12-;/m0./s1. The summed E-state index contributed by atoms with van der Waals surface area (Å²) in [6, 6.07) is 0.0333. The number of rotatable bonds is 6. The second-order valence-corrected chi connectivity index (χ2v) is 6.02. The Morgan fingerprint density at radius 1 is 1.50 bits per heavy atom. The van der Waals surface area contributed by atoms with Gasteiger partial charge in [-0.15, -0.1) is 12.4 Å². The van der Waals surface area contributed by atoms with Gasteiger partial charge in [0.1, 0.15) is 0 Å². The van der Waals surface area contributed by atoms with Gasteiger partial charge in [0, 0.05) is 6.04 Å². The summed E-state index contributed by atoms with van der Waals surface area (Å²) in [4.78, 5) is 11.9. The molecule has 1 aliphatic rings. The number of nitrogens with two attached hydrogens (primary N) is 1. The van der Waals surface area contributed by atoms with Crippen molar-refractivity contribution in [3.63, 3.8) is 0 Å². The quantitative estimate of drug-likeness (QED) is 0.792. The highest BCUT2D eigenvalue weighted by Gasteiger charge is 2.23. The lowest BCUT2D eigenvalue weighted by atomic mass is 9.84. The molecule has 0 aromatic carbocycles. The molecule has 5 heteroatoms. The number of halogens is 1. The summed E-state index contributed by atoms with van der Waals surface area (Å²) in [5, 5.41) is 3.12. The van der Waals surface area contributed by atoms with Gasteiger partial charge in [-0.2, -0.15) is 11.8 Å². The van der Waals surface area contributed by atoms with E-state index < -0.39 is 0 Å². The minimum atomic E-state index is -0.329. The van der Waals surface area contributed by atoms with Gasteiger partial charge in [-0.1, -0.05) is 26.2 Å². The van der Waals surface area contributed by atoms with Crippen LogP contribution in [0.2, 0.25) is 0 Å². The fourth-order valence-corrected chi connectivity index (χ4v) is 2.97. The summed E-state index contributed by atoms with van der Waals surface area (Å²) < 4.78 is 0. The maximum atomic E-state index is 11.9. The lowest BCUT2D eigenvalue weighted by Gasteiger charge is -2.29. The van der Waals surface area contributed by atoms with Crippen LogP contribution in [-0.4, -0.2) is 30.0 Å². The van der Waals surface area contributed by atoms with Crippen molar-refractivity contribution in [3.05, 3.63) is 0 Å². The third-order valence-corrected chi connectivity index (χ3v) is 4.32. The molecule has 3 nitrogen and oxygen atoms in total. The molecule has 0 aromatic heterocycles. The molecule has 1 rings (SSSR count). The Balaban J connectivity index is 0.00000289. The van der Waals surface area contributed by atoms with Crippen LogP contribution in [-0.2, 0) is 4.79 Å². The first-order valence-corrected chi connectivity index (χ1v) is 8.11.